The van der Waals surface area contributed by atoms with Gasteiger partial charge in [-0.1, -0.05) is 23.7 Å². The second kappa shape index (κ2) is 6.45. The molecule has 0 bridgehead atoms. The lowest BCUT2D eigenvalue weighted by molar-refractivity contribution is -0.116. The van der Waals surface area contributed by atoms with Crippen LogP contribution >= 0.6 is 11.6 Å². The molecule has 2 aromatic rings. The van der Waals surface area contributed by atoms with Crippen LogP contribution in [0.1, 0.15) is 32.7 Å². The van der Waals surface area contributed by atoms with E-state index in [1.165, 1.54) is 7.05 Å². The fourth-order valence-electron chi connectivity index (χ4n) is 2.57. The minimum Gasteiger partial charge on any atom is -0.326 e. The van der Waals surface area contributed by atoms with Crippen LogP contribution in [-0.4, -0.2) is 29.7 Å². The zero-order valence-corrected chi connectivity index (χ0v) is 13.8. The molecule has 3 amide bonds. The molecule has 1 aliphatic rings. The Morgan fingerprint density at radius 3 is 2.42 bits per heavy atom. The lowest BCUT2D eigenvalue weighted by Gasteiger charge is -2.06. The summed E-state index contributed by atoms with van der Waals surface area (Å²) in [5.41, 5.74) is 2.21. The van der Waals surface area contributed by atoms with E-state index in [0.29, 0.717) is 34.7 Å². The molecule has 0 atom stereocenters. The van der Waals surface area contributed by atoms with Gasteiger partial charge in [-0.25, -0.2) is 0 Å². The zero-order valence-electron chi connectivity index (χ0n) is 13.0. The number of hydrogen-bond donors (Lipinski definition) is 1. The summed E-state index contributed by atoms with van der Waals surface area (Å²) in [4.78, 5) is 36.9. The van der Waals surface area contributed by atoms with Gasteiger partial charge in [0.2, 0.25) is 5.91 Å². The van der Waals surface area contributed by atoms with E-state index < -0.39 is 0 Å². The van der Waals surface area contributed by atoms with Gasteiger partial charge in [-0.2, -0.15) is 0 Å². The Morgan fingerprint density at radius 1 is 1.04 bits per heavy atom. The Balaban J connectivity index is 1.64. The molecule has 0 saturated heterocycles. The lowest BCUT2D eigenvalue weighted by atomic mass is 10.1. The van der Waals surface area contributed by atoms with Gasteiger partial charge in [0.05, 0.1) is 11.1 Å². The van der Waals surface area contributed by atoms with E-state index in [1.54, 1.807) is 30.3 Å². The highest BCUT2D eigenvalue weighted by molar-refractivity contribution is 6.30. The number of amides is 3. The molecule has 3 rings (SSSR count). The average Bonchev–Trinajstić information content (AvgIpc) is 2.79. The molecule has 0 fully saturated rings. The Hall–Kier alpha value is -2.66. The van der Waals surface area contributed by atoms with Crippen molar-refractivity contribution in [1.82, 2.24) is 4.90 Å². The van der Waals surface area contributed by atoms with E-state index in [0.717, 1.165) is 10.5 Å². The molecule has 6 heteroatoms. The van der Waals surface area contributed by atoms with Crippen LogP contribution in [0, 0.1) is 0 Å². The molecular weight excluding hydrogens is 328 g/mol. The molecule has 0 saturated carbocycles. The molecule has 24 heavy (non-hydrogen) atoms. The number of nitrogens with zero attached hydrogens (tertiary/aromatic N) is 1. The third-order valence-corrected chi connectivity index (χ3v) is 4.18. The van der Waals surface area contributed by atoms with Crippen molar-refractivity contribution in [2.24, 2.45) is 0 Å². The van der Waals surface area contributed by atoms with Gasteiger partial charge in [0.1, 0.15) is 0 Å². The van der Waals surface area contributed by atoms with Crippen molar-refractivity contribution in [3.05, 3.63) is 64.2 Å². The minimum atomic E-state index is -0.354. The summed E-state index contributed by atoms with van der Waals surface area (Å²) in [5.74, 6) is -0.835. The standard InChI is InChI=1S/C18H15ClN2O3/c1-21-17(23)14-8-7-13(10-15(14)18(21)24)20-16(22)9-4-11-2-5-12(19)6-3-11/h2-3,5-8,10H,4,9H2,1H3,(H,20,22). The smallest absolute Gasteiger partial charge is 0.261 e. The summed E-state index contributed by atoms with van der Waals surface area (Å²) in [5, 5.41) is 3.41. The first-order valence-electron chi connectivity index (χ1n) is 7.46. The Morgan fingerprint density at radius 2 is 1.71 bits per heavy atom. The van der Waals surface area contributed by atoms with Crippen molar-refractivity contribution >= 4 is 35.0 Å². The fourth-order valence-corrected chi connectivity index (χ4v) is 2.70. The highest BCUT2D eigenvalue weighted by atomic mass is 35.5. The first-order chi connectivity index (χ1) is 11.5. The summed E-state index contributed by atoms with van der Waals surface area (Å²) < 4.78 is 0. The van der Waals surface area contributed by atoms with Crippen LogP contribution in [0.3, 0.4) is 0 Å². The maximum atomic E-state index is 12.1. The van der Waals surface area contributed by atoms with Gasteiger partial charge in [0.25, 0.3) is 11.8 Å². The van der Waals surface area contributed by atoms with Crippen molar-refractivity contribution in [3.63, 3.8) is 0 Å². The SMILES string of the molecule is CN1C(=O)c2ccc(NC(=O)CCc3ccc(Cl)cc3)cc2C1=O. The highest BCUT2D eigenvalue weighted by Crippen LogP contribution is 2.24. The molecule has 0 unspecified atom stereocenters. The van der Waals surface area contributed by atoms with Crippen LogP contribution in [0.5, 0.6) is 0 Å². The van der Waals surface area contributed by atoms with Crippen LogP contribution in [0.15, 0.2) is 42.5 Å². The second-order valence-corrected chi connectivity index (χ2v) is 6.04. The Labute approximate surface area is 144 Å². The van der Waals surface area contributed by atoms with Gasteiger partial charge in [0, 0.05) is 24.2 Å². The summed E-state index contributed by atoms with van der Waals surface area (Å²) in [6, 6.07) is 12.1. The predicted octanol–water partition coefficient (Wildman–Crippen LogP) is 3.14. The van der Waals surface area contributed by atoms with Crippen LogP contribution in [0.25, 0.3) is 0 Å². The largest absolute Gasteiger partial charge is 0.326 e. The van der Waals surface area contributed by atoms with E-state index in [-0.39, 0.29) is 17.7 Å². The molecule has 1 N–H and O–H groups in total. The summed E-state index contributed by atoms with van der Waals surface area (Å²) in [6.07, 6.45) is 0.902. The number of imide groups is 1. The van der Waals surface area contributed by atoms with Gasteiger partial charge in [0.15, 0.2) is 0 Å². The third-order valence-electron chi connectivity index (χ3n) is 3.93. The number of anilines is 1. The van der Waals surface area contributed by atoms with E-state index in [1.807, 2.05) is 12.1 Å². The lowest BCUT2D eigenvalue weighted by Crippen LogP contribution is -2.24. The average molecular weight is 343 g/mol. The predicted molar refractivity (Wildman–Crippen MR) is 91.3 cm³/mol. The number of rotatable bonds is 4. The van der Waals surface area contributed by atoms with E-state index in [2.05, 4.69) is 5.32 Å². The van der Waals surface area contributed by atoms with Gasteiger partial charge >= 0.3 is 0 Å². The topological polar surface area (TPSA) is 66.5 Å². The van der Waals surface area contributed by atoms with Gasteiger partial charge in [-0.05, 0) is 42.3 Å². The van der Waals surface area contributed by atoms with Crippen molar-refractivity contribution in [1.29, 1.82) is 0 Å². The molecule has 1 aliphatic heterocycles. The monoisotopic (exact) mass is 342 g/mol. The highest BCUT2D eigenvalue weighted by Gasteiger charge is 2.32. The number of aryl methyl sites for hydroxylation is 1. The maximum absolute atomic E-state index is 12.1. The number of nitrogens with one attached hydrogen (secondary N) is 1. The molecule has 122 valence electrons. The number of benzene rings is 2. The number of fused-ring (bicyclic) bond motifs is 1. The van der Waals surface area contributed by atoms with Gasteiger partial charge in [-0.3, -0.25) is 19.3 Å². The molecule has 5 nitrogen and oxygen atoms in total. The molecule has 1 heterocycles. The fraction of sp³-hybridized carbons (Fsp3) is 0.167. The van der Waals surface area contributed by atoms with Crippen LogP contribution in [0.2, 0.25) is 5.02 Å². The van der Waals surface area contributed by atoms with Crippen molar-refractivity contribution in [3.8, 4) is 0 Å². The summed E-state index contributed by atoms with van der Waals surface area (Å²) in [6.45, 7) is 0. The van der Waals surface area contributed by atoms with Crippen LogP contribution in [-0.2, 0) is 11.2 Å². The quantitative estimate of drug-likeness (QED) is 0.868. The number of hydrogen-bond acceptors (Lipinski definition) is 3. The van der Waals surface area contributed by atoms with E-state index in [4.69, 9.17) is 11.6 Å². The normalized spacial score (nSPS) is 13.2. The van der Waals surface area contributed by atoms with Crippen molar-refractivity contribution in [2.75, 3.05) is 12.4 Å². The maximum Gasteiger partial charge on any atom is 0.261 e. The Bertz CT molecular complexity index is 831. The number of halogens is 1. The number of carbonyl (C=O) groups is 3. The van der Waals surface area contributed by atoms with Crippen molar-refractivity contribution < 1.29 is 14.4 Å². The molecule has 0 aromatic heterocycles. The minimum absolute atomic E-state index is 0.157. The molecule has 0 spiro atoms. The van der Waals surface area contributed by atoms with Gasteiger partial charge in [-0.15, -0.1) is 0 Å². The molecule has 0 aliphatic carbocycles. The second-order valence-electron chi connectivity index (χ2n) is 5.60. The molecule has 0 radical (unpaired) electrons. The third kappa shape index (κ3) is 3.16. The van der Waals surface area contributed by atoms with E-state index >= 15 is 0 Å². The Kier molecular flexibility index (Phi) is 4.36. The molecular formula is C18H15ClN2O3. The van der Waals surface area contributed by atoms with Gasteiger partial charge < -0.3 is 5.32 Å². The zero-order chi connectivity index (χ0) is 17.3. The van der Waals surface area contributed by atoms with E-state index in [9.17, 15) is 14.4 Å². The first-order valence-corrected chi connectivity index (χ1v) is 7.84. The van der Waals surface area contributed by atoms with Crippen LogP contribution < -0.4 is 5.32 Å². The summed E-state index contributed by atoms with van der Waals surface area (Å²) in [7, 11) is 1.44. The summed E-state index contributed by atoms with van der Waals surface area (Å²) >= 11 is 5.83. The van der Waals surface area contributed by atoms with Crippen molar-refractivity contribution in [2.45, 2.75) is 12.8 Å². The molecule has 2 aromatic carbocycles. The number of carbonyl (C=O) groups excluding carboxylic acids is 3. The van der Waals surface area contributed by atoms with Crippen LogP contribution in [0.4, 0.5) is 5.69 Å². The first kappa shape index (κ1) is 16.2.